The van der Waals surface area contributed by atoms with Crippen LogP contribution in [0.5, 0.6) is 0 Å². The van der Waals surface area contributed by atoms with Crippen LogP contribution >= 0.6 is 15.6 Å². The molecule has 0 spiro atoms. The van der Waals surface area contributed by atoms with Crippen LogP contribution in [-0.4, -0.2) is 4.89 Å². The van der Waals surface area contributed by atoms with Crippen molar-refractivity contribution in [3.63, 3.8) is 0 Å². The molecule has 7 nitrogen and oxygen atoms in total. The molecule has 0 heterocycles. The summed E-state index contributed by atoms with van der Waals surface area (Å²) in [5, 5.41) is 0. The van der Waals surface area contributed by atoms with Crippen molar-refractivity contribution >= 4 is 15.6 Å². The van der Waals surface area contributed by atoms with Crippen LogP contribution in [0, 0.1) is 0 Å². The van der Waals surface area contributed by atoms with Crippen molar-refractivity contribution in [2.45, 2.75) is 0 Å². The van der Waals surface area contributed by atoms with Crippen molar-refractivity contribution in [3.05, 3.63) is 0 Å². The van der Waals surface area contributed by atoms with Gasteiger partial charge in [0.15, 0.2) is 0 Å². The van der Waals surface area contributed by atoms with Crippen LogP contribution in [0.15, 0.2) is 0 Å². The average molecular weight is 241 g/mol. The van der Waals surface area contributed by atoms with E-state index in [9.17, 15) is 23.8 Å². The Bertz CT molecular complexity index is 157. The van der Waals surface area contributed by atoms with Gasteiger partial charge >= 0.3 is 35.4 Å². The minimum absolute atomic E-state index is 0. The normalized spacial score (nSPS) is 15.6. The predicted octanol–water partition coefficient (Wildman–Crippen LogP) is -5.71. The molecule has 0 rings (SSSR count). The Morgan fingerprint density at radius 3 is 1.45 bits per heavy atom. The topological polar surface area (TPSA) is 133 Å². The molecular formula is HLiNiO7P2. The van der Waals surface area contributed by atoms with Gasteiger partial charge in [-0.2, -0.15) is 0 Å². The van der Waals surface area contributed by atoms with Crippen LogP contribution in [-0.2, 0) is 29.9 Å². The zero-order valence-corrected chi connectivity index (χ0v) is 7.88. The molecule has 0 radical (unpaired) electrons. The van der Waals surface area contributed by atoms with Crippen molar-refractivity contribution in [2.75, 3.05) is 0 Å². The van der Waals surface area contributed by atoms with E-state index in [0.717, 1.165) is 0 Å². The van der Waals surface area contributed by atoms with E-state index in [0.29, 0.717) is 0 Å². The van der Waals surface area contributed by atoms with Gasteiger partial charge in [0, 0.05) is 0 Å². The van der Waals surface area contributed by atoms with Gasteiger partial charge in [0.2, 0.25) is 0 Å². The Morgan fingerprint density at radius 2 is 1.45 bits per heavy atom. The molecule has 11 heavy (non-hydrogen) atoms. The average Bonchev–Trinajstić information content (AvgIpc) is 1.14. The Balaban J connectivity index is -0.000000320. The molecule has 0 saturated carbocycles. The standard InChI is InChI=1S/Li.Ni.H4O7P2/c;;1-8(2,3)7-9(4,5)6/h;;(H2,1,2,3)(H2,4,5,6)/q+1;+2;/p-3. The maximum Gasteiger partial charge on any atom is 2.00 e. The summed E-state index contributed by atoms with van der Waals surface area (Å²) in [5.41, 5.74) is 0. The van der Waals surface area contributed by atoms with Crippen LogP contribution in [0.25, 0.3) is 0 Å². The van der Waals surface area contributed by atoms with E-state index < -0.39 is 15.6 Å². The predicted molar refractivity (Wildman–Crippen MR) is 18.5 cm³/mol. The summed E-state index contributed by atoms with van der Waals surface area (Å²) in [4.78, 5) is 35.7. The third-order valence-corrected chi connectivity index (χ3v) is 1.83. The van der Waals surface area contributed by atoms with Gasteiger partial charge in [0.25, 0.3) is 7.82 Å². The van der Waals surface area contributed by atoms with Crippen LogP contribution in [0.4, 0.5) is 0 Å². The minimum Gasteiger partial charge on any atom is -0.790 e. The van der Waals surface area contributed by atoms with Gasteiger partial charge in [-0.25, -0.2) is 0 Å². The van der Waals surface area contributed by atoms with Crippen LogP contribution in [0.1, 0.15) is 0 Å². The Labute approximate surface area is 84.1 Å². The first-order valence-corrected chi connectivity index (χ1v) is 4.43. The maximum absolute atomic E-state index is 9.44. The molecule has 0 amide bonds. The minimum atomic E-state index is -5.61. The molecule has 0 aromatic rings. The molecule has 0 aromatic carbocycles. The Hall–Kier alpha value is 1.35. The molecule has 1 N–H and O–H groups in total. The van der Waals surface area contributed by atoms with E-state index in [2.05, 4.69) is 4.31 Å². The Morgan fingerprint density at radius 1 is 1.18 bits per heavy atom. The van der Waals surface area contributed by atoms with E-state index in [-0.39, 0.29) is 35.4 Å². The Kier molecular flexibility index (Phi) is 9.77. The fourth-order valence-electron chi connectivity index (χ4n) is 0.126. The summed E-state index contributed by atoms with van der Waals surface area (Å²) in [5.74, 6) is 0. The van der Waals surface area contributed by atoms with E-state index in [1.54, 1.807) is 0 Å². The second-order valence-electron chi connectivity index (χ2n) is 0.997. The van der Waals surface area contributed by atoms with E-state index in [1.807, 2.05) is 0 Å². The van der Waals surface area contributed by atoms with Crippen molar-refractivity contribution in [2.24, 2.45) is 0 Å². The first-order valence-electron chi connectivity index (χ1n) is 1.48. The zero-order valence-electron chi connectivity index (χ0n) is 5.11. The van der Waals surface area contributed by atoms with Gasteiger partial charge in [-0.1, -0.05) is 0 Å². The second-order valence-corrected chi connectivity index (χ2v) is 3.48. The van der Waals surface area contributed by atoms with Crippen LogP contribution in [0.3, 0.4) is 0 Å². The van der Waals surface area contributed by atoms with Crippen molar-refractivity contribution in [3.8, 4) is 0 Å². The molecule has 1 unspecified atom stereocenters. The fourth-order valence-corrected chi connectivity index (χ4v) is 1.14. The van der Waals surface area contributed by atoms with E-state index >= 15 is 0 Å². The van der Waals surface area contributed by atoms with Gasteiger partial charge < -0.3 is 24.1 Å². The van der Waals surface area contributed by atoms with Gasteiger partial charge in [0.1, 0.15) is 0 Å². The molecule has 0 aliphatic heterocycles. The van der Waals surface area contributed by atoms with Gasteiger partial charge in [-0.05, 0) is 0 Å². The summed E-state index contributed by atoms with van der Waals surface area (Å²) in [6.45, 7) is 0. The monoisotopic (exact) mass is 240 g/mol. The summed E-state index contributed by atoms with van der Waals surface area (Å²) in [7, 11) is -11.0. The molecule has 11 heteroatoms. The molecular weight excluding hydrogens is 240 g/mol. The molecule has 64 valence electrons. The van der Waals surface area contributed by atoms with Crippen molar-refractivity contribution < 1.29 is 68.4 Å². The first-order chi connectivity index (χ1) is 3.71. The number of hydrogen-bond donors (Lipinski definition) is 1. The van der Waals surface area contributed by atoms with Crippen LogP contribution in [0.2, 0.25) is 0 Å². The molecule has 1 atom stereocenters. The van der Waals surface area contributed by atoms with Crippen LogP contribution < -0.4 is 33.5 Å². The summed E-state index contributed by atoms with van der Waals surface area (Å²) >= 11 is 0. The van der Waals surface area contributed by atoms with Gasteiger partial charge in [0.05, 0.1) is 7.82 Å². The maximum atomic E-state index is 9.44. The van der Waals surface area contributed by atoms with Crippen molar-refractivity contribution in [1.82, 2.24) is 0 Å². The van der Waals surface area contributed by atoms with Gasteiger partial charge in [-0.15, -0.1) is 0 Å². The summed E-state index contributed by atoms with van der Waals surface area (Å²) in [6, 6.07) is 0. The SMILES string of the molecule is O=P([O-])([O-])OP(=O)([O-])O.[Li+].[Ni+2]. The zero-order chi connectivity index (χ0) is 7.71. The molecule has 0 bridgehead atoms. The van der Waals surface area contributed by atoms with Crippen molar-refractivity contribution in [1.29, 1.82) is 0 Å². The second kappa shape index (κ2) is 5.91. The van der Waals surface area contributed by atoms with E-state index in [4.69, 9.17) is 4.89 Å². The molecule has 0 aliphatic carbocycles. The number of phosphoric acid groups is 2. The molecule has 0 aliphatic rings. The summed E-state index contributed by atoms with van der Waals surface area (Å²) in [6.07, 6.45) is 0. The third kappa shape index (κ3) is 18.4. The fraction of sp³-hybridized carbons (Fsp3) is 0. The largest absolute Gasteiger partial charge is 2.00 e. The molecule has 0 saturated heterocycles. The quantitative estimate of drug-likeness (QED) is 0.376. The smallest absolute Gasteiger partial charge is 0.790 e. The number of rotatable bonds is 2. The third-order valence-electron chi connectivity index (χ3n) is 0.203. The molecule has 0 aromatic heterocycles. The first kappa shape index (κ1) is 18.2. The number of hydrogen-bond acceptors (Lipinski definition) is 6. The molecule has 0 fully saturated rings. The summed E-state index contributed by atoms with van der Waals surface area (Å²) < 4.78 is 21.4. The van der Waals surface area contributed by atoms with Gasteiger partial charge in [-0.3, -0.25) is 8.88 Å². The van der Waals surface area contributed by atoms with E-state index in [1.165, 1.54) is 0 Å².